The van der Waals surface area contributed by atoms with Gasteiger partial charge in [0.25, 0.3) is 0 Å². The Morgan fingerprint density at radius 1 is 1.33 bits per heavy atom. The molecule has 0 aliphatic rings. The van der Waals surface area contributed by atoms with E-state index in [9.17, 15) is 4.39 Å². The molecule has 2 N–H and O–H groups in total. The summed E-state index contributed by atoms with van der Waals surface area (Å²) in [5, 5.41) is 19.5. The average molecular weight is 328 g/mol. The molecule has 0 amide bonds. The molecular formula is C17H21FN6. The molecule has 0 aliphatic heterocycles. The Hall–Kier alpha value is -2.88. The van der Waals surface area contributed by atoms with Crippen molar-refractivity contribution in [1.82, 2.24) is 20.4 Å². The van der Waals surface area contributed by atoms with Crippen LogP contribution in [-0.2, 0) is 20.1 Å². The number of aliphatic imine (C=N–C) groups is 1. The first-order valence-electron chi connectivity index (χ1n) is 7.58. The molecule has 0 saturated heterocycles. The van der Waals surface area contributed by atoms with Crippen LogP contribution in [0.1, 0.15) is 28.1 Å². The molecule has 2 aromatic rings. The molecule has 24 heavy (non-hydrogen) atoms. The molecule has 1 aromatic carbocycles. The first-order valence-corrected chi connectivity index (χ1v) is 7.58. The van der Waals surface area contributed by atoms with Crippen LogP contribution in [0.25, 0.3) is 0 Å². The van der Waals surface area contributed by atoms with Crippen LogP contribution in [0.15, 0.2) is 23.2 Å². The van der Waals surface area contributed by atoms with Crippen molar-refractivity contribution >= 4 is 5.96 Å². The van der Waals surface area contributed by atoms with Gasteiger partial charge < -0.3 is 10.6 Å². The van der Waals surface area contributed by atoms with E-state index in [2.05, 4.69) is 20.7 Å². The Morgan fingerprint density at radius 2 is 2.04 bits per heavy atom. The zero-order valence-corrected chi connectivity index (χ0v) is 14.3. The monoisotopic (exact) mass is 328 g/mol. The highest BCUT2D eigenvalue weighted by atomic mass is 19.1. The predicted octanol–water partition coefficient (Wildman–Crippen LogP) is 1.91. The minimum absolute atomic E-state index is 0.242. The lowest BCUT2D eigenvalue weighted by Crippen LogP contribution is -2.36. The Balaban J connectivity index is 2.00. The van der Waals surface area contributed by atoms with Crippen LogP contribution < -0.4 is 10.6 Å². The first kappa shape index (κ1) is 17.5. The second-order valence-corrected chi connectivity index (χ2v) is 5.47. The number of aromatic nitrogens is 2. The first-order chi connectivity index (χ1) is 11.5. The fraction of sp³-hybridized carbons (Fsp3) is 0.353. The summed E-state index contributed by atoms with van der Waals surface area (Å²) in [6.45, 7) is 4.79. The molecule has 6 nitrogen and oxygen atoms in total. The molecule has 0 saturated carbocycles. The lowest BCUT2D eigenvalue weighted by atomic mass is 10.1. The van der Waals surface area contributed by atoms with Crippen LogP contribution in [0.3, 0.4) is 0 Å². The topological polar surface area (TPSA) is 78.0 Å². The largest absolute Gasteiger partial charge is 0.352 e. The summed E-state index contributed by atoms with van der Waals surface area (Å²) < 4.78 is 15.6. The number of nitrogens with zero attached hydrogens (tertiary/aromatic N) is 4. The fourth-order valence-corrected chi connectivity index (χ4v) is 2.42. The van der Waals surface area contributed by atoms with E-state index in [1.54, 1.807) is 7.05 Å². The van der Waals surface area contributed by atoms with E-state index in [0.717, 1.165) is 17.0 Å². The van der Waals surface area contributed by atoms with Crippen molar-refractivity contribution in [3.8, 4) is 6.07 Å². The van der Waals surface area contributed by atoms with Crippen LogP contribution in [0.5, 0.6) is 0 Å². The summed E-state index contributed by atoms with van der Waals surface area (Å²) in [7, 11) is 3.56. The van der Waals surface area contributed by atoms with Gasteiger partial charge in [0.05, 0.1) is 17.3 Å². The van der Waals surface area contributed by atoms with Gasteiger partial charge in [0.1, 0.15) is 5.82 Å². The Bertz CT molecular complexity index is 800. The lowest BCUT2D eigenvalue weighted by molar-refractivity contribution is 0.604. The van der Waals surface area contributed by atoms with Crippen molar-refractivity contribution < 1.29 is 4.39 Å². The van der Waals surface area contributed by atoms with Gasteiger partial charge >= 0.3 is 0 Å². The normalized spacial score (nSPS) is 11.2. The number of guanidine groups is 1. The van der Waals surface area contributed by atoms with E-state index in [0.29, 0.717) is 23.6 Å². The molecule has 126 valence electrons. The van der Waals surface area contributed by atoms with Crippen LogP contribution in [0, 0.1) is 31.0 Å². The molecule has 0 bridgehead atoms. The molecule has 0 fully saturated rings. The van der Waals surface area contributed by atoms with E-state index in [4.69, 9.17) is 5.26 Å². The molecule has 1 aromatic heterocycles. The number of nitrogens with one attached hydrogen (secondary N) is 2. The molecule has 1 heterocycles. The molecular weight excluding hydrogens is 307 g/mol. The lowest BCUT2D eigenvalue weighted by Gasteiger charge is -2.13. The van der Waals surface area contributed by atoms with Gasteiger partial charge in [-0.2, -0.15) is 10.4 Å². The molecule has 0 unspecified atom stereocenters. The van der Waals surface area contributed by atoms with Crippen LogP contribution in [-0.4, -0.2) is 22.8 Å². The van der Waals surface area contributed by atoms with Crippen molar-refractivity contribution in [1.29, 1.82) is 5.26 Å². The van der Waals surface area contributed by atoms with Crippen molar-refractivity contribution in [2.45, 2.75) is 26.9 Å². The molecule has 2 rings (SSSR count). The maximum absolute atomic E-state index is 13.8. The fourth-order valence-electron chi connectivity index (χ4n) is 2.42. The van der Waals surface area contributed by atoms with Crippen molar-refractivity contribution in [3.05, 3.63) is 52.1 Å². The highest BCUT2D eigenvalue weighted by molar-refractivity contribution is 5.79. The summed E-state index contributed by atoms with van der Waals surface area (Å²) in [4.78, 5) is 4.14. The molecule has 7 heteroatoms. The van der Waals surface area contributed by atoms with Gasteiger partial charge in [0.2, 0.25) is 0 Å². The number of nitriles is 1. The van der Waals surface area contributed by atoms with Gasteiger partial charge in [-0.25, -0.2) is 4.39 Å². The standard InChI is InChI=1S/C17H21FN6/c1-11-15(12(2)24(4)23-11)10-22-17(20-3)21-9-14-7-13(8-19)5-6-16(14)18/h5-7H,9-10H2,1-4H3,(H2,20,21,22). The van der Waals surface area contributed by atoms with Crippen LogP contribution in [0.2, 0.25) is 0 Å². The number of hydrogen-bond donors (Lipinski definition) is 2. The van der Waals surface area contributed by atoms with Gasteiger partial charge in [-0.15, -0.1) is 0 Å². The maximum atomic E-state index is 13.8. The Labute approximate surface area is 141 Å². The van der Waals surface area contributed by atoms with E-state index in [1.807, 2.05) is 31.6 Å². The molecule has 0 atom stereocenters. The second-order valence-electron chi connectivity index (χ2n) is 5.47. The number of halogens is 1. The number of hydrogen-bond acceptors (Lipinski definition) is 3. The zero-order chi connectivity index (χ0) is 17.7. The van der Waals surface area contributed by atoms with E-state index in [1.165, 1.54) is 18.2 Å². The third-order valence-corrected chi connectivity index (χ3v) is 3.94. The highest BCUT2D eigenvalue weighted by Gasteiger charge is 2.10. The third kappa shape index (κ3) is 3.90. The SMILES string of the molecule is CN=C(NCc1cc(C#N)ccc1F)NCc1c(C)nn(C)c1C. The summed E-state index contributed by atoms with van der Waals surface area (Å²) in [6, 6.07) is 6.30. The maximum Gasteiger partial charge on any atom is 0.191 e. The van der Waals surface area contributed by atoms with Crippen LogP contribution in [0.4, 0.5) is 4.39 Å². The average Bonchev–Trinajstić information content (AvgIpc) is 2.82. The van der Waals surface area contributed by atoms with E-state index in [-0.39, 0.29) is 12.4 Å². The second kappa shape index (κ2) is 7.59. The molecule has 0 spiro atoms. The zero-order valence-electron chi connectivity index (χ0n) is 14.3. The van der Waals surface area contributed by atoms with Crippen molar-refractivity contribution in [3.63, 3.8) is 0 Å². The summed E-state index contributed by atoms with van der Waals surface area (Å²) >= 11 is 0. The predicted molar refractivity (Wildman–Crippen MR) is 90.8 cm³/mol. The highest BCUT2D eigenvalue weighted by Crippen LogP contribution is 2.12. The number of rotatable bonds is 4. The molecule has 0 aliphatic carbocycles. The quantitative estimate of drug-likeness (QED) is 0.664. The van der Waals surface area contributed by atoms with Crippen molar-refractivity contribution in [2.24, 2.45) is 12.0 Å². The van der Waals surface area contributed by atoms with Crippen LogP contribution >= 0.6 is 0 Å². The molecule has 0 radical (unpaired) electrons. The van der Waals surface area contributed by atoms with E-state index >= 15 is 0 Å². The van der Waals surface area contributed by atoms with Gasteiger partial charge in [-0.3, -0.25) is 9.67 Å². The summed E-state index contributed by atoms with van der Waals surface area (Å²) in [6.07, 6.45) is 0. The van der Waals surface area contributed by atoms with Gasteiger partial charge in [0, 0.05) is 44.0 Å². The van der Waals surface area contributed by atoms with Crippen molar-refractivity contribution in [2.75, 3.05) is 7.05 Å². The third-order valence-electron chi connectivity index (χ3n) is 3.94. The Morgan fingerprint density at radius 3 is 2.62 bits per heavy atom. The van der Waals surface area contributed by atoms with Gasteiger partial charge in [0.15, 0.2) is 5.96 Å². The summed E-state index contributed by atoms with van der Waals surface area (Å²) in [5.41, 5.74) is 4.01. The number of aryl methyl sites for hydroxylation is 2. The van der Waals surface area contributed by atoms with E-state index < -0.39 is 0 Å². The Kier molecular flexibility index (Phi) is 5.53. The minimum atomic E-state index is -0.351. The van der Waals surface area contributed by atoms with Gasteiger partial charge in [-0.1, -0.05) is 0 Å². The smallest absolute Gasteiger partial charge is 0.191 e. The summed E-state index contributed by atoms with van der Waals surface area (Å²) in [5.74, 6) is 0.204. The van der Waals surface area contributed by atoms with Gasteiger partial charge in [-0.05, 0) is 32.0 Å². The number of benzene rings is 1. The minimum Gasteiger partial charge on any atom is -0.352 e.